The molecule has 0 bridgehead atoms. The molecular weight excluding hydrogens is 566 g/mol. The maximum atomic E-state index is 10.6. The largest absolute Gasteiger partial charge is 0.469 e. The lowest BCUT2D eigenvalue weighted by atomic mass is 9.98. The third-order valence-electron chi connectivity index (χ3n) is 6.01. The van der Waals surface area contributed by atoms with Crippen LogP contribution >= 0.6 is 0 Å². The van der Waals surface area contributed by atoms with Gasteiger partial charge in [0.05, 0.1) is 19.1 Å². The third-order valence-corrected chi connectivity index (χ3v) is 6.01. The number of likely N-dealkylation sites (tertiary alicyclic amines) is 1. The summed E-state index contributed by atoms with van der Waals surface area (Å²) in [6, 6.07) is 0. The van der Waals surface area contributed by atoms with E-state index in [1.807, 2.05) is 48.6 Å². The Hall–Kier alpha value is -1.26. The monoisotopic (exact) mass is 650 g/mol. The Balaban J connectivity index is -0.000000143. The molecule has 0 spiro atoms. The summed E-state index contributed by atoms with van der Waals surface area (Å²) in [5, 5.41) is 17.3. The number of carbonyl (C=O) groups is 2. The first-order chi connectivity index (χ1) is 19.6. The highest BCUT2D eigenvalue weighted by Gasteiger charge is 2.25. The van der Waals surface area contributed by atoms with Gasteiger partial charge in [-0.1, -0.05) is 0 Å². The SMILES string of the molecule is CC(=O)NC(C)(C)C.CC(C)(C)N1CCC1.CC(C)(C)NCCO.CN(C)C(C)(C)C.CNC(C)(C)C.COC(=O)C(C)(C)C. The van der Waals surface area contributed by atoms with E-state index < -0.39 is 0 Å². The van der Waals surface area contributed by atoms with Gasteiger partial charge in [0.15, 0.2) is 0 Å². The van der Waals surface area contributed by atoms with Gasteiger partial charge in [-0.05, 0) is 165 Å². The van der Waals surface area contributed by atoms with Gasteiger partial charge in [-0.25, -0.2) is 0 Å². The van der Waals surface area contributed by atoms with E-state index in [9.17, 15) is 9.59 Å². The lowest BCUT2D eigenvalue weighted by Gasteiger charge is -2.42. The Morgan fingerprint density at radius 1 is 0.756 bits per heavy atom. The first kappa shape index (κ1) is 53.2. The fourth-order valence-corrected chi connectivity index (χ4v) is 2.25. The van der Waals surface area contributed by atoms with Crippen LogP contribution in [0.25, 0.3) is 0 Å². The molecule has 9 heteroatoms. The van der Waals surface area contributed by atoms with Crippen LogP contribution in [0.2, 0.25) is 0 Å². The number of ether oxygens (including phenoxy) is 1. The average Bonchev–Trinajstić information content (AvgIpc) is 2.73. The summed E-state index contributed by atoms with van der Waals surface area (Å²) in [5.74, 6) is -0.144. The molecule has 1 saturated heterocycles. The highest BCUT2D eigenvalue weighted by Crippen LogP contribution is 2.19. The number of hydrogen-bond donors (Lipinski definition) is 4. The molecule has 45 heavy (non-hydrogen) atoms. The van der Waals surface area contributed by atoms with Crippen LogP contribution in [0, 0.1) is 5.41 Å². The van der Waals surface area contributed by atoms with E-state index in [0.717, 1.165) is 0 Å². The van der Waals surface area contributed by atoms with Crippen LogP contribution < -0.4 is 16.0 Å². The molecule has 276 valence electrons. The van der Waals surface area contributed by atoms with Crippen LogP contribution in [0.4, 0.5) is 0 Å². The molecule has 4 N–H and O–H groups in total. The number of esters is 1. The van der Waals surface area contributed by atoms with Gasteiger partial charge in [-0.3, -0.25) is 14.5 Å². The Labute approximate surface area is 282 Å². The maximum Gasteiger partial charge on any atom is 0.310 e. The van der Waals surface area contributed by atoms with Crippen molar-refractivity contribution >= 4 is 11.9 Å². The van der Waals surface area contributed by atoms with E-state index in [4.69, 9.17) is 5.11 Å². The van der Waals surface area contributed by atoms with Gasteiger partial charge < -0.3 is 30.7 Å². The minimum Gasteiger partial charge on any atom is -0.469 e. The number of hydrogen-bond acceptors (Lipinski definition) is 8. The van der Waals surface area contributed by atoms with Crippen molar-refractivity contribution in [3.05, 3.63) is 0 Å². The number of aliphatic hydroxyl groups excluding tert-OH is 1. The molecule has 0 aromatic carbocycles. The fourth-order valence-electron chi connectivity index (χ4n) is 2.25. The Morgan fingerprint density at radius 2 is 1.11 bits per heavy atom. The predicted molar refractivity (Wildman–Crippen MR) is 198 cm³/mol. The summed E-state index contributed by atoms with van der Waals surface area (Å²) in [6.45, 7) is 42.3. The van der Waals surface area contributed by atoms with Crippen LogP contribution in [-0.4, -0.2) is 109 Å². The highest BCUT2D eigenvalue weighted by atomic mass is 16.5. The number of nitrogens with zero attached hydrogens (tertiary/aromatic N) is 2. The van der Waals surface area contributed by atoms with Gasteiger partial charge in [0.2, 0.25) is 5.91 Å². The summed E-state index contributed by atoms with van der Waals surface area (Å²) in [6.07, 6.45) is 1.40. The third kappa shape index (κ3) is 49.8. The van der Waals surface area contributed by atoms with Crippen molar-refractivity contribution in [2.75, 3.05) is 54.5 Å². The van der Waals surface area contributed by atoms with E-state index in [1.54, 1.807) is 0 Å². The summed E-state index contributed by atoms with van der Waals surface area (Å²) < 4.78 is 4.48. The second-order valence-corrected chi connectivity index (χ2v) is 17.6. The van der Waals surface area contributed by atoms with Gasteiger partial charge in [0.25, 0.3) is 0 Å². The van der Waals surface area contributed by atoms with Crippen LogP contribution in [0.5, 0.6) is 0 Å². The number of carbonyl (C=O) groups excluding carboxylic acids is 2. The van der Waals surface area contributed by atoms with Crippen molar-refractivity contribution in [3.63, 3.8) is 0 Å². The van der Waals surface area contributed by atoms with Gasteiger partial charge in [-0.2, -0.15) is 0 Å². The number of aliphatic hydroxyl groups is 1. The lowest BCUT2D eigenvalue weighted by Crippen LogP contribution is -2.49. The molecule has 1 fully saturated rings. The van der Waals surface area contributed by atoms with E-state index >= 15 is 0 Å². The van der Waals surface area contributed by atoms with Crippen molar-refractivity contribution in [1.82, 2.24) is 25.8 Å². The first-order valence-corrected chi connectivity index (χ1v) is 16.4. The first-order valence-electron chi connectivity index (χ1n) is 16.4. The number of methoxy groups -OCH3 is 1. The molecule has 0 unspecified atom stereocenters. The molecule has 1 heterocycles. The molecule has 0 atom stereocenters. The molecule has 1 amide bonds. The minimum absolute atomic E-state index is 0.0255. The normalized spacial score (nSPS) is 13.7. The summed E-state index contributed by atoms with van der Waals surface area (Å²) in [7, 11) is 7.52. The van der Waals surface area contributed by atoms with E-state index in [0.29, 0.717) is 23.2 Å². The van der Waals surface area contributed by atoms with Crippen molar-refractivity contribution in [3.8, 4) is 0 Å². The molecule has 9 nitrogen and oxygen atoms in total. The molecule has 0 aromatic heterocycles. The Morgan fingerprint density at radius 3 is 1.13 bits per heavy atom. The molecule has 1 aliphatic rings. The molecule has 0 saturated carbocycles. The smallest absolute Gasteiger partial charge is 0.310 e. The van der Waals surface area contributed by atoms with Crippen LogP contribution in [0.15, 0.2) is 0 Å². The number of nitrogens with one attached hydrogen (secondary N) is 3. The Kier molecular flexibility index (Phi) is 28.4. The molecule has 1 rings (SSSR count). The lowest BCUT2D eigenvalue weighted by molar-refractivity contribution is -0.149. The number of β-amino-alcohol motifs (C(OH)–C–C–N with tert-alkyl or cyclic N) is 1. The van der Waals surface area contributed by atoms with Gasteiger partial charge in [0.1, 0.15) is 0 Å². The van der Waals surface area contributed by atoms with Crippen molar-refractivity contribution in [2.24, 2.45) is 5.41 Å². The number of rotatable bonds is 2. The van der Waals surface area contributed by atoms with E-state index in [-0.39, 0.29) is 35.0 Å². The van der Waals surface area contributed by atoms with Gasteiger partial charge in [0, 0.05) is 41.2 Å². The standard InChI is InChI=1S/C7H15N.C6H15NO.C6H13NO.C6H15N.C6H12O2.C5H13N/c1-7(2,3)8-5-4-6-8;1-6(2,3)7-4-5-8;1-5(8)7-6(2,3)4;1-6(2,3)7(4)5;1-6(2,3)5(7)8-4;1-5(2,3)6-4/h4-6H2,1-3H3;7-8H,4-5H2,1-3H3;1-4H3,(H,7,8);1-5H3;1-4H3;6H,1-4H3. The zero-order valence-electron chi connectivity index (χ0n) is 34.6. The van der Waals surface area contributed by atoms with Crippen molar-refractivity contribution in [2.45, 2.75) is 166 Å². The van der Waals surface area contributed by atoms with Gasteiger partial charge in [-0.15, -0.1) is 0 Å². The Bertz CT molecular complexity index is 723. The van der Waals surface area contributed by atoms with Crippen LogP contribution in [0.1, 0.15) is 138 Å². The predicted octanol–water partition coefficient (Wildman–Crippen LogP) is 6.33. The second-order valence-electron chi connectivity index (χ2n) is 17.6. The van der Waals surface area contributed by atoms with Crippen molar-refractivity contribution < 1.29 is 19.4 Å². The summed E-state index contributed by atoms with van der Waals surface area (Å²) >= 11 is 0. The van der Waals surface area contributed by atoms with Crippen LogP contribution in [0.3, 0.4) is 0 Å². The van der Waals surface area contributed by atoms with E-state index in [2.05, 4.69) is 128 Å². The van der Waals surface area contributed by atoms with Gasteiger partial charge >= 0.3 is 5.97 Å². The quantitative estimate of drug-likeness (QED) is 0.257. The molecule has 0 aromatic rings. The zero-order valence-corrected chi connectivity index (χ0v) is 34.6. The minimum atomic E-state index is -0.352. The summed E-state index contributed by atoms with van der Waals surface area (Å²) in [4.78, 5) is 25.6. The zero-order chi connectivity index (χ0) is 37.7. The molecule has 0 radical (unpaired) electrons. The van der Waals surface area contributed by atoms with E-state index in [1.165, 1.54) is 33.5 Å². The van der Waals surface area contributed by atoms with Crippen molar-refractivity contribution in [1.29, 1.82) is 0 Å². The topological polar surface area (TPSA) is 106 Å². The average molecular weight is 650 g/mol. The fraction of sp³-hybridized carbons (Fsp3) is 0.944. The highest BCUT2D eigenvalue weighted by molar-refractivity contribution is 5.75. The second kappa shape index (κ2) is 24.0. The van der Waals surface area contributed by atoms with Crippen LogP contribution in [-0.2, 0) is 14.3 Å². The number of amides is 1. The molecular formula is C36H83N5O4. The maximum absolute atomic E-state index is 10.6. The molecule has 1 aliphatic heterocycles. The summed E-state index contributed by atoms with van der Waals surface area (Å²) in [5.41, 5.74) is 0.765. The molecule has 0 aliphatic carbocycles.